The Morgan fingerprint density at radius 2 is 1.75 bits per heavy atom. The van der Waals surface area contributed by atoms with Crippen molar-refractivity contribution in [2.75, 3.05) is 0 Å². The standard InChI is InChI=1S/C21H21NO2/c1-15(2)24-19-9-5-16(6-10-19)4-7-17-12-13-22(3)21-14-18(23)8-11-20(17)21/h4-15H,1-3H3. The van der Waals surface area contributed by atoms with Gasteiger partial charge < -0.3 is 9.30 Å². The number of aryl methyl sites for hydroxylation is 1. The molecule has 0 bridgehead atoms. The largest absolute Gasteiger partial charge is 0.491 e. The molecule has 1 aliphatic heterocycles. The summed E-state index contributed by atoms with van der Waals surface area (Å²) in [5.74, 6) is 0.877. The van der Waals surface area contributed by atoms with Crippen molar-refractivity contribution in [2.45, 2.75) is 20.0 Å². The lowest BCUT2D eigenvalue weighted by Crippen LogP contribution is -2.05. The van der Waals surface area contributed by atoms with Gasteiger partial charge >= 0.3 is 0 Å². The van der Waals surface area contributed by atoms with Gasteiger partial charge in [0.05, 0.1) is 11.8 Å². The molecule has 0 aromatic heterocycles. The monoisotopic (exact) mass is 319 g/mol. The maximum atomic E-state index is 11.6. The summed E-state index contributed by atoms with van der Waals surface area (Å²) in [6, 6.07) is 15.3. The van der Waals surface area contributed by atoms with E-state index in [-0.39, 0.29) is 11.5 Å². The van der Waals surface area contributed by atoms with Crippen LogP contribution in [0.4, 0.5) is 0 Å². The van der Waals surface area contributed by atoms with E-state index in [4.69, 9.17) is 4.74 Å². The average Bonchev–Trinajstić information content (AvgIpc) is 2.55. The minimum absolute atomic E-state index is 0.0278. The molecule has 1 aromatic rings. The van der Waals surface area contributed by atoms with Crippen LogP contribution >= 0.6 is 0 Å². The second kappa shape index (κ2) is 6.75. The maximum absolute atomic E-state index is 11.6. The normalized spacial score (nSPS) is 11.5. The van der Waals surface area contributed by atoms with Crippen LogP contribution in [0.5, 0.6) is 5.75 Å². The van der Waals surface area contributed by atoms with Crippen LogP contribution in [0.2, 0.25) is 0 Å². The van der Waals surface area contributed by atoms with Crippen LogP contribution in [-0.2, 0) is 7.05 Å². The Balaban J connectivity index is 1.88. The Hall–Kier alpha value is -2.81. The molecule has 1 aliphatic carbocycles. The van der Waals surface area contributed by atoms with Crippen LogP contribution in [0.25, 0.3) is 23.4 Å². The number of fused-ring (bicyclic) bond motifs is 1. The number of pyridine rings is 1. The van der Waals surface area contributed by atoms with E-state index in [1.165, 1.54) is 0 Å². The zero-order valence-corrected chi connectivity index (χ0v) is 14.2. The van der Waals surface area contributed by atoms with Crippen molar-refractivity contribution in [3.8, 4) is 17.0 Å². The van der Waals surface area contributed by atoms with E-state index < -0.39 is 0 Å². The molecular formula is C21H21NO2. The Kier molecular flexibility index (Phi) is 4.52. The van der Waals surface area contributed by atoms with E-state index >= 15 is 0 Å². The molecule has 0 radical (unpaired) electrons. The van der Waals surface area contributed by atoms with Gasteiger partial charge in [-0.15, -0.1) is 0 Å². The highest BCUT2D eigenvalue weighted by molar-refractivity contribution is 5.80. The summed E-state index contributed by atoms with van der Waals surface area (Å²) in [6.07, 6.45) is 6.29. The van der Waals surface area contributed by atoms with Gasteiger partial charge in [0.25, 0.3) is 0 Å². The molecule has 0 saturated heterocycles. The van der Waals surface area contributed by atoms with Gasteiger partial charge in [0.15, 0.2) is 5.43 Å². The molecule has 24 heavy (non-hydrogen) atoms. The Morgan fingerprint density at radius 3 is 2.46 bits per heavy atom. The Labute approximate surface area is 142 Å². The van der Waals surface area contributed by atoms with Crippen LogP contribution in [0.1, 0.15) is 25.0 Å². The number of benzene rings is 2. The van der Waals surface area contributed by atoms with E-state index in [1.807, 2.05) is 62.0 Å². The molecule has 0 N–H and O–H groups in total. The van der Waals surface area contributed by atoms with Crippen molar-refractivity contribution in [3.63, 3.8) is 0 Å². The van der Waals surface area contributed by atoms with Crippen molar-refractivity contribution in [3.05, 3.63) is 76.1 Å². The second-order valence-electron chi connectivity index (χ2n) is 6.13. The molecule has 3 rings (SSSR count). The zero-order valence-electron chi connectivity index (χ0n) is 14.2. The summed E-state index contributed by atoms with van der Waals surface area (Å²) < 4.78 is 7.62. The third-order valence-electron chi connectivity index (χ3n) is 3.85. The molecule has 0 spiro atoms. The Bertz CT molecular complexity index is 889. The predicted octanol–water partition coefficient (Wildman–Crippen LogP) is 4.45. The second-order valence-corrected chi connectivity index (χ2v) is 6.13. The maximum Gasteiger partial charge on any atom is 0.180 e. The molecule has 1 heterocycles. The number of nitrogens with zero attached hydrogens (tertiary/aromatic N) is 1. The summed E-state index contributed by atoms with van der Waals surface area (Å²) in [5.41, 5.74) is 4.22. The first kappa shape index (κ1) is 16.1. The third kappa shape index (κ3) is 3.57. The highest BCUT2D eigenvalue weighted by Gasteiger charge is 2.08. The molecular weight excluding hydrogens is 298 g/mol. The number of ether oxygens (including phenoxy) is 1. The quantitative estimate of drug-likeness (QED) is 0.711. The highest BCUT2D eigenvalue weighted by atomic mass is 16.5. The summed E-state index contributed by atoms with van der Waals surface area (Å²) in [7, 11) is 1.95. The summed E-state index contributed by atoms with van der Waals surface area (Å²) in [5, 5.41) is 0. The Morgan fingerprint density at radius 1 is 1.00 bits per heavy atom. The zero-order chi connectivity index (χ0) is 17.1. The fraction of sp³-hybridized carbons (Fsp3) is 0.190. The van der Waals surface area contributed by atoms with Crippen molar-refractivity contribution < 1.29 is 4.74 Å². The van der Waals surface area contributed by atoms with Crippen LogP contribution in [0.3, 0.4) is 0 Å². The van der Waals surface area contributed by atoms with Gasteiger partial charge in [-0.3, -0.25) is 4.79 Å². The van der Waals surface area contributed by atoms with Gasteiger partial charge in [-0.05, 0) is 55.3 Å². The summed E-state index contributed by atoms with van der Waals surface area (Å²) in [4.78, 5) is 11.6. The van der Waals surface area contributed by atoms with Gasteiger partial charge in [-0.25, -0.2) is 0 Å². The topological polar surface area (TPSA) is 31.2 Å². The lowest BCUT2D eigenvalue weighted by molar-refractivity contribution is 0.242. The average molecular weight is 319 g/mol. The molecule has 0 unspecified atom stereocenters. The highest BCUT2D eigenvalue weighted by Crippen LogP contribution is 2.25. The molecule has 1 aromatic carbocycles. The van der Waals surface area contributed by atoms with Gasteiger partial charge in [0.2, 0.25) is 0 Å². The van der Waals surface area contributed by atoms with Crippen molar-refractivity contribution in [1.29, 1.82) is 0 Å². The van der Waals surface area contributed by atoms with Gasteiger partial charge in [0.1, 0.15) is 5.75 Å². The molecule has 122 valence electrons. The molecule has 0 saturated carbocycles. The molecule has 3 nitrogen and oxygen atoms in total. The first-order valence-electron chi connectivity index (χ1n) is 8.07. The molecule has 0 fully saturated rings. The molecule has 0 atom stereocenters. The summed E-state index contributed by atoms with van der Waals surface area (Å²) in [6.45, 7) is 4.03. The van der Waals surface area contributed by atoms with E-state index in [1.54, 1.807) is 12.1 Å². The number of aromatic nitrogens is 1. The first-order valence-corrected chi connectivity index (χ1v) is 8.07. The van der Waals surface area contributed by atoms with Crippen LogP contribution in [0.15, 0.2) is 59.5 Å². The lowest BCUT2D eigenvalue weighted by Gasteiger charge is -2.13. The molecule has 2 aliphatic rings. The fourth-order valence-corrected chi connectivity index (χ4v) is 2.67. The van der Waals surface area contributed by atoms with Crippen LogP contribution in [0, 0.1) is 0 Å². The molecule has 0 amide bonds. The lowest BCUT2D eigenvalue weighted by atomic mass is 10.0. The SMILES string of the molecule is CC(C)Oc1ccc(C=Cc2ccn(C)c3cc(=O)ccc2-3)cc1. The predicted molar refractivity (Wildman–Crippen MR) is 99.4 cm³/mol. The van der Waals surface area contributed by atoms with Gasteiger partial charge in [0, 0.05) is 24.9 Å². The van der Waals surface area contributed by atoms with Gasteiger partial charge in [-0.1, -0.05) is 24.3 Å². The van der Waals surface area contributed by atoms with Crippen molar-refractivity contribution in [1.82, 2.24) is 4.57 Å². The van der Waals surface area contributed by atoms with E-state index in [0.717, 1.165) is 28.1 Å². The number of hydrogen-bond acceptors (Lipinski definition) is 2. The number of hydrogen-bond donors (Lipinski definition) is 0. The first-order chi connectivity index (χ1) is 11.5. The van der Waals surface area contributed by atoms with Gasteiger partial charge in [-0.2, -0.15) is 0 Å². The summed E-state index contributed by atoms with van der Waals surface area (Å²) >= 11 is 0. The minimum Gasteiger partial charge on any atom is -0.491 e. The fourth-order valence-electron chi connectivity index (χ4n) is 2.67. The van der Waals surface area contributed by atoms with Crippen molar-refractivity contribution >= 4 is 12.2 Å². The van der Waals surface area contributed by atoms with Crippen LogP contribution in [-0.4, -0.2) is 10.7 Å². The smallest absolute Gasteiger partial charge is 0.180 e. The van der Waals surface area contributed by atoms with Crippen LogP contribution < -0.4 is 10.2 Å². The van der Waals surface area contributed by atoms with E-state index in [0.29, 0.717) is 0 Å². The van der Waals surface area contributed by atoms with E-state index in [2.05, 4.69) is 18.2 Å². The minimum atomic E-state index is 0.0278. The van der Waals surface area contributed by atoms with E-state index in [9.17, 15) is 4.79 Å². The molecule has 3 heteroatoms. The van der Waals surface area contributed by atoms with Crippen molar-refractivity contribution in [2.24, 2.45) is 7.05 Å². The number of rotatable bonds is 4. The third-order valence-corrected chi connectivity index (χ3v) is 3.85.